The Hall–Kier alpha value is -1.02. The minimum atomic E-state index is 0.409. The summed E-state index contributed by atoms with van der Waals surface area (Å²) < 4.78 is 5.12. The Labute approximate surface area is 78.2 Å². The molecule has 1 unspecified atom stereocenters. The first-order valence-electron chi connectivity index (χ1n) is 4.66. The average Bonchev–Trinajstić information content (AvgIpc) is 2.90. The molecular weight excluding hydrogens is 164 g/mol. The van der Waals surface area contributed by atoms with Crippen LogP contribution in [-0.2, 0) is 11.2 Å². The number of hydrogen-bond acceptors (Lipinski definition) is 2. The second kappa shape index (κ2) is 3.38. The minimum Gasteiger partial charge on any atom is -0.508 e. The van der Waals surface area contributed by atoms with Crippen LogP contribution in [0.1, 0.15) is 17.5 Å². The van der Waals surface area contributed by atoms with Crippen LogP contribution in [0.15, 0.2) is 18.2 Å². The second-order valence-electron chi connectivity index (χ2n) is 3.63. The predicted octanol–water partition coefficient (Wildman–Crippen LogP) is 2.03. The van der Waals surface area contributed by atoms with Crippen molar-refractivity contribution in [3.63, 3.8) is 0 Å². The zero-order valence-electron chi connectivity index (χ0n) is 7.79. The smallest absolute Gasteiger partial charge is 0.118 e. The van der Waals surface area contributed by atoms with E-state index in [1.807, 2.05) is 19.1 Å². The van der Waals surface area contributed by atoms with Crippen molar-refractivity contribution in [1.29, 1.82) is 0 Å². The molecule has 0 bridgehead atoms. The highest BCUT2D eigenvalue weighted by atomic mass is 16.6. The van der Waals surface area contributed by atoms with Gasteiger partial charge in [-0.2, -0.15) is 0 Å². The Kier molecular flexibility index (Phi) is 2.23. The van der Waals surface area contributed by atoms with Crippen molar-refractivity contribution in [3.8, 4) is 5.75 Å². The third-order valence-corrected chi connectivity index (χ3v) is 2.37. The number of rotatable bonds is 3. The first-order chi connectivity index (χ1) is 6.25. The predicted molar refractivity (Wildman–Crippen MR) is 50.9 cm³/mol. The van der Waals surface area contributed by atoms with Crippen LogP contribution in [0.4, 0.5) is 0 Å². The molecule has 2 rings (SSSR count). The van der Waals surface area contributed by atoms with Crippen LogP contribution in [0.5, 0.6) is 5.75 Å². The summed E-state index contributed by atoms with van der Waals surface area (Å²) in [5.41, 5.74) is 2.24. The summed E-state index contributed by atoms with van der Waals surface area (Å²) in [5.74, 6) is 0.409. The maximum absolute atomic E-state index is 9.53. The molecule has 0 spiro atoms. The monoisotopic (exact) mass is 178 g/mol. The maximum Gasteiger partial charge on any atom is 0.118 e. The van der Waals surface area contributed by atoms with Crippen LogP contribution in [0.25, 0.3) is 0 Å². The Balaban J connectivity index is 2.03. The number of aromatic hydroxyl groups is 1. The van der Waals surface area contributed by atoms with Crippen LogP contribution >= 0.6 is 0 Å². The number of benzene rings is 1. The molecule has 1 aliphatic heterocycles. The van der Waals surface area contributed by atoms with Gasteiger partial charge in [0, 0.05) is 0 Å². The van der Waals surface area contributed by atoms with Crippen LogP contribution in [0.3, 0.4) is 0 Å². The third kappa shape index (κ3) is 2.22. The van der Waals surface area contributed by atoms with Gasteiger partial charge >= 0.3 is 0 Å². The van der Waals surface area contributed by atoms with Gasteiger partial charge in [0.1, 0.15) is 5.75 Å². The molecule has 1 N–H and O–H groups in total. The van der Waals surface area contributed by atoms with Gasteiger partial charge < -0.3 is 9.84 Å². The lowest BCUT2D eigenvalue weighted by atomic mass is 10.0. The molecule has 1 aliphatic rings. The SMILES string of the molecule is Cc1ccc(O)c(CCC2CO2)c1. The van der Waals surface area contributed by atoms with Crippen LogP contribution in [0, 0.1) is 6.92 Å². The fraction of sp³-hybridized carbons (Fsp3) is 0.455. The molecule has 0 aromatic heterocycles. The molecular formula is C11H14O2. The van der Waals surface area contributed by atoms with Crippen LogP contribution in [-0.4, -0.2) is 17.8 Å². The summed E-state index contributed by atoms with van der Waals surface area (Å²) in [5, 5.41) is 9.53. The molecule has 1 aromatic carbocycles. The highest BCUT2D eigenvalue weighted by Gasteiger charge is 2.22. The number of epoxide rings is 1. The Bertz CT molecular complexity index is 303. The average molecular weight is 178 g/mol. The standard InChI is InChI=1S/C11H14O2/c1-8-2-5-11(12)9(6-8)3-4-10-7-13-10/h2,5-6,10,12H,3-4,7H2,1H3. The molecule has 1 aromatic rings. The number of phenols is 1. The van der Waals surface area contributed by atoms with Crippen molar-refractivity contribution in [2.24, 2.45) is 0 Å². The zero-order valence-corrected chi connectivity index (χ0v) is 7.79. The van der Waals surface area contributed by atoms with E-state index in [-0.39, 0.29) is 0 Å². The van der Waals surface area contributed by atoms with E-state index in [4.69, 9.17) is 4.74 Å². The van der Waals surface area contributed by atoms with E-state index < -0.39 is 0 Å². The van der Waals surface area contributed by atoms with E-state index in [0.717, 1.165) is 25.0 Å². The highest BCUT2D eigenvalue weighted by Crippen LogP contribution is 2.23. The van der Waals surface area contributed by atoms with Crippen molar-refractivity contribution in [2.75, 3.05) is 6.61 Å². The number of aryl methyl sites for hydroxylation is 2. The van der Waals surface area contributed by atoms with E-state index in [2.05, 4.69) is 0 Å². The fourth-order valence-corrected chi connectivity index (χ4v) is 1.47. The van der Waals surface area contributed by atoms with E-state index in [1.165, 1.54) is 5.56 Å². The van der Waals surface area contributed by atoms with E-state index in [1.54, 1.807) is 6.07 Å². The van der Waals surface area contributed by atoms with Gasteiger partial charge in [-0.15, -0.1) is 0 Å². The quantitative estimate of drug-likeness (QED) is 0.718. The Morgan fingerprint density at radius 2 is 2.31 bits per heavy atom. The molecule has 1 heterocycles. The normalized spacial score (nSPS) is 20.2. The van der Waals surface area contributed by atoms with Gasteiger partial charge in [-0.3, -0.25) is 0 Å². The maximum atomic E-state index is 9.53. The number of ether oxygens (including phenoxy) is 1. The van der Waals surface area contributed by atoms with Gasteiger partial charge in [0.2, 0.25) is 0 Å². The molecule has 2 heteroatoms. The molecule has 1 fully saturated rings. The van der Waals surface area contributed by atoms with Crippen LogP contribution in [0.2, 0.25) is 0 Å². The summed E-state index contributed by atoms with van der Waals surface area (Å²) in [6.07, 6.45) is 2.38. The minimum absolute atomic E-state index is 0.409. The topological polar surface area (TPSA) is 32.8 Å². The van der Waals surface area contributed by atoms with Crippen molar-refractivity contribution in [3.05, 3.63) is 29.3 Å². The molecule has 2 nitrogen and oxygen atoms in total. The summed E-state index contributed by atoms with van der Waals surface area (Å²) >= 11 is 0. The van der Waals surface area contributed by atoms with Gasteiger partial charge in [0.25, 0.3) is 0 Å². The largest absolute Gasteiger partial charge is 0.508 e. The first-order valence-corrected chi connectivity index (χ1v) is 4.66. The summed E-state index contributed by atoms with van der Waals surface area (Å²) in [6.45, 7) is 2.93. The molecule has 13 heavy (non-hydrogen) atoms. The molecule has 0 saturated carbocycles. The summed E-state index contributed by atoms with van der Waals surface area (Å²) in [7, 11) is 0. The van der Waals surface area contributed by atoms with Gasteiger partial charge in [-0.25, -0.2) is 0 Å². The molecule has 1 atom stereocenters. The van der Waals surface area contributed by atoms with Gasteiger partial charge in [-0.05, 0) is 31.4 Å². The Morgan fingerprint density at radius 3 is 3.00 bits per heavy atom. The van der Waals surface area contributed by atoms with Crippen molar-refractivity contribution < 1.29 is 9.84 Å². The van der Waals surface area contributed by atoms with Gasteiger partial charge in [0.05, 0.1) is 12.7 Å². The molecule has 0 amide bonds. The molecule has 70 valence electrons. The number of phenolic OH excluding ortho intramolecular Hbond substituents is 1. The van der Waals surface area contributed by atoms with Gasteiger partial charge in [0.15, 0.2) is 0 Å². The lowest BCUT2D eigenvalue weighted by Crippen LogP contribution is -1.92. The highest BCUT2D eigenvalue weighted by molar-refractivity contribution is 5.35. The van der Waals surface area contributed by atoms with Crippen molar-refractivity contribution in [1.82, 2.24) is 0 Å². The third-order valence-electron chi connectivity index (χ3n) is 2.37. The van der Waals surface area contributed by atoms with Crippen LogP contribution < -0.4 is 0 Å². The van der Waals surface area contributed by atoms with E-state index in [0.29, 0.717) is 11.9 Å². The first kappa shape index (κ1) is 8.57. The zero-order chi connectivity index (χ0) is 9.26. The second-order valence-corrected chi connectivity index (χ2v) is 3.63. The van der Waals surface area contributed by atoms with Gasteiger partial charge in [-0.1, -0.05) is 17.7 Å². The van der Waals surface area contributed by atoms with Crippen molar-refractivity contribution in [2.45, 2.75) is 25.9 Å². The molecule has 1 saturated heterocycles. The summed E-state index contributed by atoms with van der Waals surface area (Å²) in [4.78, 5) is 0. The van der Waals surface area contributed by atoms with Crippen molar-refractivity contribution >= 4 is 0 Å². The molecule has 0 aliphatic carbocycles. The lowest BCUT2D eigenvalue weighted by molar-refractivity contribution is 0.394. The van der Waals surface area contributed by atoms with E-state index in [9.17, 15) is 5.11 Å². The summed E-state index contributed by atoms with van der Waals surface area (Å²) in [6, 6.07) is 5.72. The Morgan fingerprint density at radius 1 is 1.54 bits per heavy atom. The fourth-order valence-electron chi connectivity index (χ4n) is 1.47. The number of hydrogen-bond donors (Lipinski definition) is 1. The lowest BCUT2D eigenvalue weighted by Gasteiger charge is -2.04. The molecule has 0 radical (unpaired) electrons. The van der Waals surface area contributed by atoms with E-state index >= 15 is 0 Å².